The molecule has 0 spiro atoms. The smallest absolute Gasteiger partial charge is 0.320 e. The fourth-order valence-electron chi connectivity index (χ4n) is 4.55. The first-order chi connectivity index (χ1) is 9.70. The van der Waals surface area contributed by atoms with E-state index in [9.17, 15) is 9.90 Å². The summed E-state index contributed by atoms with van der Waals surface area (Å²) in [5.74, 6) is -0.634. The minimum atomic E-state index is -0.634. The fraction of sp³-hybridized carbons (Fsp3) is 0.933. The van der Waals surface area contributed by atoms with Gasteiger partial charge in [-0.1, -0.05) is 6.92 Å². The molecule has 0 aromatic rings. The van der Waals surface area contributed by atoms with E-state index >= 15 is 0 Å². The number of nitrogens with one attached hydrogen (secondary N) is 1. The van der Waals surface area contributed by atoms with Crippen molar-refractivity contribution in [3.63, 3.8) is 0 Å². The molecule has 0 radical (unpaired) electrons. The molecule has 0 saturated carbocycles. The Balaban J connectivity index is 1.67. The molecule has 3 fully saturated rings. The predicted molar refractivity (Wildman–Crippen MR) is 77.8 cm³/mol. The van der Waals surface area contributed by atoms with E-state index in [0.29, 0.717) is 18.1 Å². The number of piperazine rings is 1. The number of rotatable bonds is 4. The molecule has 114 valence electrons. The van der Waals surface area contributed by atoms with E-state index in [1.165, 1.54) is 25.7 Å². The van der Waals surface area contributed by atoms with Crippen LogP contribution in [0.15, 0.2) is 0 Å². The molecule has 2 bridgehead atoms. The first kappa shape index (κ1) is 14.3. The highest BCUT2D eigenvalue weighted by Gasteiger charge is 2.46. The van der Waals surface area contributed by atoms with Crippen molar-refractivity contribution in [3.8, 4) is 0 Å². The van der Waals surface area contributed by atoms with Gasteiger partial charge in [0.1, 0.15) is 6.04 Å². The van der Waals surface area contributed by atoms with Crippen molar-refractivity contribution in [3.05, 3.63) is 0 Å². The molecule has 5 nitrogen and oxygen atoms in total. The van der Waals surface area contributed by atoms with Crippen LogP contribution in [0.4, 0.5) is 0 Å². The van der Waals surface area contributed by atoms with Crippen molar-refractivity contribution in [1.29, 1.82) is 0 Å². The van der Waals surface area contributed by atoms with Crippen molar-refractivity contribution in [2.45, 2.75) is 63.2 Å². The number of carboxylic acid groups (broad SMARTS) is 1. The average molecular weight is 281 g/mol. The molecule has 3 aliphatic rings. The number of hydrogen-bond acceptors (Lipinski definition) is 4. The second-order valence-corrected chi connectivity index (χ2v) is 6.51. The van der Waals surface area contributed by atoms with Gasteiger partial charge in [0, 0.05) is 44.3 Å². The van der Waals surface area contributed by atoms with Crippen LogP contribution < -0.4 is 5.32 Å². The summed E-state index contributed by atoms with van der Waals surface area (Å²) in [6.07, 6.45) is 5.44. The molecule has 0 aromatic carbocycles. The molecule has 3 rings (SSSR count). The lowest BCUT2D eigenvalue weighted by molar-refractivity contribution is -0.146. The normalized spacial score (nSPS) is 37.0. The Labute approximate surface area is 121 Å². The van der Waals surface area contributed by atoms with Gasteiger partial charge < -0.3 is 10.4 Å². The lowest BCUT2D eigenvalue weighted by Gasteiger charge is -2.46. The molecule has 5 heteroatoms. The number of fused-ring (bicyclic) bond motifs is 2. The van der Waals surface area contributed by atoms with Crippen molar-refractivity contribution in [2.75, 3.05) is 26.2 Å². The van der Waals surface area contributed by atoms with Crippen LogP contribution >= 0.6 is 0 Å². The monoisotopic (exact) mass is 281 g/mol. The maximum absolute atomic E-state index is 11.5. The third-order valence-corrected chi connectivity index (χ3v) is 5.46. The summed E-state index contributed by atoms with van der Waals surface area (Å²) < 4.78 is 0. The zero-order valence-corrected chi connectivity index (χ0v) is 12.4. The Bertz CT molecular complexity index is 343. The minimum absolute atomic E-state index is 0.267. The van der Waals surface area contributed by atoms with Crippen molar-refractivity contribution in [1.82, 2.24) is 15.1 Å². The Kier molecular flexibility index (Phi) is 4.29. The Morgan fingerprint density at radius 3 is 2.30 bits per heavy atom. The molecule has 0 amide bonds. The molecule has 20 heavy (non-hydrogen) atoms. The van der Waals surface area contributed by atoms with Crippen LogP contribution in [0, 0.1) is 0 Å². The second-order valence-electron chi connectivity index (χ2n) is 6.51. The number of carbonyl (C=O) groups is 1. The Hall–Kier alpha value is -0.650. The van der Waals surface area contributed by atoms with Crippen molar-refractivity contribution in [2.24, 2.45) is 0 Å². The number of hydrogen-bond donors (Lipinski definition) is 2. The summed E-state index contributed by atoms with van der Waals surface area (Å²) in [6.45, 7) is 6.51. The van der Waals surface area contributed by atoms with Gasteiger partial charge in [0.05, 0.1) is 0 Å². The van der Waals surface area contributed by atoms with Gasteiger partial charge in [-0.05, 0) is 32.1 Å². The third kappa shape index (κ3) is 2.59. The molecule has 0 aromatic heterocycles. The average Bonchev–Trinajstić information content (AvgIpc) is 2.72. The first-order valence-corrected chi connectivity index (χ1v) is 8.15. The fourth-order valence-corrected chi connectivity index (χ4v) is 4.55. The highest BCUT2D eigenvalue weighted by Crippen LogP contribution is 2.39. The quantitative estimate of drug-likeness (QED) is 0.796. The summed E-state index contributed by atoms with van der Waals surface area (Å²) in [6, 6.07) is 1.40. The predicted octanol–water partition coefficient (Wildman–Crippen LogP) is 0.750. The van der Waals surface area contributed by atoms with E-state index < -0.39 is 5.97 Å². The van der Waals surface area contributed by atoms with E-state index in [4.69, 9.17) is 0 Å². The van der Waals surface area contributed by atoms with E-state index in [1.807, 2.05) is 6.92 Å². The lowest BCUT2D eigenvalue weighted by Crippen LogP contribution is -2.58. The molecule has 3 heterocycles. The standard InChI is InChI=1S/C15H27N3O2/c1-2-14(15(19)20)18-11-3-4-12(18)10-13(9-11)17-7-5-16-6-8-17/h11-14,16H,2-10H2,1H3,(H,19,20). The van der Waals surface area contributed by atoms with Crippen LogP contribution in [-0.2, 0) is 4.79 Å². The van der Waals surface area contributed by atoms with Crippen LogP contribution in [0.5, 0.6) is 0 Å². The number of aliphatic carboxylic acids is 1. The van der Waals surface area contributed by atoms with E-state index in [2.05, 4.69) is 15.1 Å². The van der Waals surface area contributed by atoms with Crippen LogP contribution in [0.1, 0.15) is 39.0 Å². The second kappa shape index (κ2) is 6.00. The van der Waals surface area contributed by atoms with E-state index in [0.717, 1.165) is 32.6 Å². The van der Waals surface area contributed by atoms with Crippen LogP contribution in [0.3, 0.4) is 0 Å². The molecule has 3 atom stereocenters. The van der Waals surface area contributed by atoms with Crippen LogP contribution in [-0.4, -0.2) is 71.2 Å². The van der Waals surface area contributed by atoms with Crippen molar-refractivity contribution < 1.29 is 9.90 Å². The molecule has 3 unspecified atom stereocenters. The summed E-state index contributed by atoms with van der Waals surface area (Å²) in [4.78, 5) is 16.4. The maximum atomic E-state index is 11.5. The van der Waals surface area contributed by atoms with Gasteiger partial charge in [0.2, 0.25) is 0 Å². The van der Waals surface area contributed by atoms with Gasteiger partial charge in [-0.25, -0.2) is 0 Å². The first-order valence-electron chi connectivity index (χ1n) is 8.15. The van der Waals surface area contributed by atoms with Gasteiger partial charge in [-0.2, -0.15) is 0 Å². The molecule has 3 saturated heterocycles. The summed E-state index contributed by atoms with van der Waals surface area (Å²) in [5.41, 5.74) is 0. The minimum Gasteiger partial charge on any atom is -0.480 e. The van der Waals surface area contributed by atoms with Crippen LogP contribution in [0.2, 0.25) is 0 Å². The molecule has 2 N–H and O–H groups in total. The summed E-state index contributed by atoms with van der Waals surface area (Å²) in [7, 11) is 0. The molecule has 0 aliphatic carbocycles. The van der Waals surface area contributed by atoms with Crippen molar-refractivity contribution >= 4 is 5.97 Å². The number of piperidine rings is 1. The van der Waals surface area contributed by atoms with Gasteiger partial charge >= 0.3 is 5.97 Å². The summed E-state index contributed by atoms with van der Waals surface area (Å²) >= 11 is 0. The van der Waals surface area contributed by atoms with Gasteiger partial charge in [-0.15, -0.1) is 0 Å². The SMILES string of the molecule is CCC(C(=O)O)N1C2CCC1CC(N1CCNCC1)C2. The molecular weight excluding hydrogens is 254 g/mol. The summed E-state index contributed by atoms with van der Waals surface area (Å²) in [5, 5.41) is 12.9. The number of carboxylic acids is 1. The van der Waals surface area contributed by atoms with E-state index in [-0.39, 0.29) is 6.04 Å². The zero-order valence-electron chi connectivity index (χ0n) is 12.4. The zero-order chi connectivity index (χ0) is 14.1. The topological polar surface area (TPSA) is 55.8 Å². The van der Waals surface area contributed by atoms with Gasteiger partial charge in [-0.3, -0.25) is 14.6 Å². The third-order valence-electron chi connectivity index (χ3n) is 5.46. The molecular formula is C15H27N3O2. The lowest BCUT2D eigenvalue weighted by atomic mass is 9.93. The van der Waals surface area contributed by atoms with E-state index in [1.54, 1.807) is 0 Å². The maximum Gasteiger partial charge on any atom is 0.320 e. The van der Waals surface area contributed by atoms with Crippen LogP contribution in [0.25, 0.3) is 0 Å². The highest BCUT2D eigenvalue weighted by atomic mass is 16.4. The molecule has 3 aliphatic heterocycles. The Morgan fingerprint density at radius 1 is 1.20 bits per heavy atom. The highest BCUT2D eigenvalue weighted by molar-refractivity contribution is 5.73. The largest absolute Gasteiger partial charge is 0.480 e. The van der Waals surface area contributed by atoms with Gasteiger partial charge in [0.15, 0.2) is 0 Å². The number of nitrogens with zero attached hydrogens (tertiary/aromatic N) is 2. The van der Waals surface area contributed by atoms with Gasteiger partial charge in [0.25, 0.3) is 0 Å². The Morgan fingerprint density at radius 2 is 1.80 bits per heavy atom.